The van der Waals surface area contributed by atoms with Gasteiger partial charge in [-0.25, -0.2) is 0 Å². The number of carbonyl (C=O) groups is 1. The highest BCUT2D eigenvalue weighted by Crippen LogP contribution is 2.28. The maximum absolute atomic E-state index is 12.9. The second kappa shape index (κ2) is 6.59. The summed E-state index contributed by atoms with van der Waals surface area (Å²) in [6.45, 7) is 6.73. The number of rotatable bonds is 3. The van der Waals surface area contributed by atoms with Crippen LogP contribution in [0.5, 0.6) is 0 Å². The van der Waals surface area contributed by atoms with Gasteiger partial charge in [0.15, 0.2) is 5.82 Å². The van der Waals surface area contributed by atoms with Crippen molar-refractivity contribution in [3.05, 3.63) is 46.6 Å². The molecular weight excluding hydrogens is 318 g/mol. The summed E-state index contributed by atoms with van der Waals surface area (Å²) < 4.78 is 10.8. The highest BCUT2D eigenvalue weighted by atomic mass is 16.5. The van der Waals surface area contributed by atoms with E-state index < -0.39 is 0 Å². The molecule has 6 heteroatoms. The number of carbonyl (C=O) groups excluding carboxylic acids is 1. The minimum atomic E-state index is 0.0759. The standard InChI is InChI=1S/C19H23N3O3/c1-12(2)18-20-17(21-25-18)14-4-3-7-22(9-14)19(23)13-5-6-15-10-24-11-16(15)8-13/h5-6,8,12,14H,3-4,7,9-11H2,1-2H3/t14-/m1/s1. The van der Waals surface area contributed by atoms with Gasteiger partial charge in [0, 0.05) is 30.5 Å². The minimum absolute atomic E-state index is 0.0759. The number of amides is 1. The monoisotopic (exact) mass is 341 g/mol. The predicted octanol–water partition coefficient (Wildman–Crippen LogP) is 3.24. The van der Waals surface area contributed by atoms with Crippen molar-refractivity contribution in [3.8, 4) is 0 Å². The van der Waals surface area contributed by atoms with Crippen molar-refractivity contribution in [3.63, 3.8) is 0 Å². The third-order valence-electron chi connectivity index (χ3n) is 4.99. The molecule has 3 heterocycles. The Morgan fingerprint density at radius 2 is 2.12 bits per heavy atom. The zero-order valence-electron chi connectivity index (χ0n) is 14.7. The number of piperidine rings is 1. The largest absolute Gasteiger partial charge is 0.372 e. The molecule has 1 amide bonds. The van der Waals surface area contributed by atoms with Crippen LogP contribution in [-0.4, -0.2) is 34.0 Å². The van der Waals surface area contributed by atoms with Crippen LogP contribution in [0.25, 0.3) is 0 Å². The van der Waals surface area contributed by atoms with Crippen LogP contribution >= 0.6 is 0 Å². The van der Waals surface area contributed by atoms with E-state index in [1.165, 1.54) is 5.56 Å². The van der Waals surface area contributed by atoms with E-state index in [0.29, 0.717) is 25.6 Å². The van der Waals surface area contributed by atoms with E-state index in [0.717, 1.165) is 36.3 Å². The summed E-state index contributed by atoms with van der Waals surface area (Å²) in [6, 6.07) is 5.88. The molecule has 0 saturated carbocycles. The van der Waals surface area contributed by atoms with E-state index in [2.05, 4.69) is 10.1 Å². The quantitative estimate of drug-likeness (QED) is 0.857. The molecule has 0 unspecified atom stereocenters. The molecule has 1 saturated heterocycles. The van der Waals surface area contributed by atoms with Crippen LogP contribution in [-0.2, 0) is 18.0 Å². The van der Waals surface area contributed by atoms with Gasteiger partial charge < -0.3 is 14.2 Å². The lowest BCUT2D eigenvalue weighted by Crippen LogP contribution is -2.39. The summed E-state index contributed by atoms with van der Waals surface area (Å²) in [5.41, 5.74) is 3.04. The molecule has 1 atom stereocenters. The zero-order valence-corrected chi connectivity index (χ0v) is 14.7. The number of aromatic nitrogens is 2. The Bertz CT molecular complexity index is 784. The molecule has 2 aliphatic rings. The van der Waals surface area contributed by atoms with E-state index in [9.17, 15) is 4.79 Å². The summed E-state index contributed by atoms with van der Waals surface area (Å²) in [6.07, 6.45) is 1.94. The fraction of sp³-hybridized carbons (Fsp3) is 0.526. The van der Waals surface area contributed by atoms with Gasteiger partial charge in [-0.3, -0.25) is 4.79 Å². The van der Waals surface area contributed by atoms with E-state index in [1.54, 1.807) is 0 Å². The number of fused-ring (bicyclic) bond motifs is 1. The summed E-state index contributed by atoms with van der Waals surface area (Å²) in [5, 5.41) is 4.13. The maximum Gasteiger partial charge on any atom is 0.253 e. The number of likely N-dealkylation sites (tertiary alicyclic amines) is 1. The minimum Gasteiger partial charge on any atom is -0.372 e. The Morgan fingerprint density at radius 3 is 2.92 bits per heavy atom. The van der Waals surface area contributed by atoms with Crippen molar-refractivity contribution < 1.29 is 14.1 Å². The number of nitrogens with zero attached hydrogens (tertiary/aromatic N) is 3. The first-order chi connectivity index (χ1) is 12.1. The normalized spacial score (nSPS) is 20.1. The Balaban J connectivity index is 1.49. The lowest BCUT2D eigenvalue weighted by Gasteiger charge is -2.31. The number of hydrogen-bond acceptors (Lipinski definition) is 5. The lowest BCUT2D eigenvalue weighted by atomic mass is 9.96. The number of hydrogen-bond donors (Lipinski definition) is 0. The van der Waals surface area contributed by atoms with E-state index >= 15 is 0 Å². The van der Waals surface area contributed by atoms with E-state index in [4.69, 9.17) is 9.26 Å². The maximum atomic E-state index is 12.9. The van der Waals surface area contributed by atoms with Crippen LogP contribution < -0.4 is 0 Å². The Kier molecular flexibility index (Phi) is 4.29. The predicted molar refractivity (Wildman–Crippen MR) is 91.2 cm³/mol. The second-order valence-electron chi connectivity index (χ2n) is 7.21. The summed E-state index contributed by atoms with van der Waals surface area (Å²) in [5.74, 6) is 1.83. The molecule has 0 N–H and O–H groups in total. The van der Waals surface area contributed by atoms with E-state index in [1.807, 2.05) is 36.9 Å². The summed E-state index contributed by atoms with van der Waals surface area (Å²) in [7, 11) is 0. The van der Waals surface area contributed by atoms with Gasteiger partial charge in [0.2, 0.25) is 5.89 Å². The van der Waals surface area contributed by atoms with E-state index in [-0.39, 0.29) is 17.7 Å². The molecule has 2 aromatic rings. The number of benzene rings is 1. The molecular formula is C19H23N3O3. The average molecular weight is 341 g/mol. The van der Waals surface area contributed by atoms with Gasteiger partial charge in [0.25, 0.3) is 5.91 Å². The van der Waals surface area contributed by atoms with Gasteiger partial charge in [-0.05, 0) is 36.1 Å². The molecule has 1 fully saturated rings. The third-order valence-corrected chi connectivity index (χ3v) is 4.99. The Labute approximate surface area is 147 Å². The zero-order chi connectivity index (χ0) is 17.4. The van der Waals surface area contributed by atoms with Crippen molar-refractivity contribution >= 4 is 5.91 Å². The highest BCUT2D eigenvalue weighted by Gasteiger charge is 2.29. The van der Waals surface area contributed by atoms with Gasteiger partial charge in [-0.2, -0.15) is 4.98 Å². The van der Waals surface area contributed by atoms with Crippen LogP contribution in [0.3, 0.4) is 0 Å². The van der Waals surface area contributed by atoms with Crippen molar-refractivity contribution in [2.75, 3.05) is 13.1 Å². The molecule has 0 radical (unpaired) electrons. The molecule has 132 valence electrons. The first kappa shape index (κ1) is 16.3. The van der Waals surface area contributed by atoms with Gasteiger partial charge >= 0.3 is 0 Å². The fourth-order valence-electron chi connectivity index (χ4n) is 3.51. The van der Waals surface area contributed by atoms with Crippen LogP contribution in [0.2, 0.25) is 0 Å². The van der Waals surface area contributed by atoms with Crippen LogP contribution in [0, 0.1) is 0 Å². The molecule has 25 heavy (non-hydrogen) atoms. The van der Waals surface area contributed by atoms with Crippen molar-refractivity contribution in [1.82, 2.24) is 15.0 Å². The molecule has 1 aromatic carbocycles. The summed E-state index contributed by atoms with van der Waals surface area (Å²) in [4.78, 5) is 19.3. The highest BCUT2D eigenvalue weighted by molar-refractivity contribution is 5.94. The van der Waals surface area contributed by atoms with Crippen LogP contribution in [0.15, 0.2) is 22.7 Å². The topological polar surface area (TPSA) is 68.5 Å². The fourth-order valence-corrected chi connectivity index (χ4v) is 3.51. The third kappa shape index (κ3) is 3.18. The van der Waals surface area contributed by atoms with Crippen molar-refractivity contribution in [1.29, 1.82) is 0 Å². The SMILES string of the molecule is CC(C)c1nc([C@@H]2CCCN(C(=O)c3ccc4c(c3)COC4)C2)no1. The molecule has 0 aliphatic carbocycles. The Hall–Kier alpha value is -2.21. The van der Waals surface area contributed by atoms with Crippen molar-refractivity contribution in [2.45, 2.75) is 51.7 Å². The van der Waals surface area contributed by atoms with Crippen molar-refractivity contribution in [2.24, 2.45) is 0 Å². The van der Waals surface area contributed by atoms with Crippen LogP contribution in [0.1, 0.15) is 71.7 Å². The average Bonchev–Trinajstić information content (AvgIpc) is 3.30. The van der Waals surface area contributed by atoms with Crippen LogP contribution in [0.4, 0.5) is 0 Å². The molecule has 2 aliphatic heterocycles. The lowest BCUT2D eigenvalue weighted by molar-refractivity contribution is 0.0703. The second-order valence-corrected chi connectivity index (χ2v) is 7.21. The molecule has 0 spiro atoms. The van der Waals surface area contributed by atoms with Gasteiger partial charge in [0.1, 0.15) is 0 Å². The Morgan fingerprint density at radius 1 is 1.28 bits per heavy atom. The smallest absolute Gasteiger partial charge is 0.253 e. The van der Waals surface area contributed by atoms with Gasteiger partial charge in [0.05, 0.1) is 13.2 Å². The summed E-state index contributed by atoms with van der Waals surface area (Å²) >= 11 is 0. The number of ether oxygens (including phenoxy) is 1. The first-order valence-electron chi connectivity index (χ1n) is 8.94. The molecule has 1 aromatic heterocycles. The first-order valence-corrected chi connectivity index (χ1v) is 8.94. The molecule has 4 rings (SSSR count). The molecule has 6 nitrogen and oxygen atoms in total. The van der Waals surface area contributed by atoms with Gasteiger partial charge in [-0.1, -0.05) is 25.1 Å². The van der Waals surface area contributed by atoms with Gasteiger partial charge in [-0.15, -0.1) is 0 Å². The molecule has 0 bridgehead atoms.